The largest absolute Gasteiger partial charge is 0.275 e. The van der Waals surface area contributed by atoms with E-state index in [1.165, 1.54) is 12.1 Å². The molecule has 0 aliphatic heterocycles. The van der Waals surface area contributed by atoms with Crippen LogP contribution in [0.3, 0.4) is 0 Å². The highest BCUT2D eigenvalue weighted by molar-refractivity contribution is 5.90. The molecule has 2 heterocycles. The molecule has 4 heteroatoms. The van der Waals surface area contributed by atoms with Gasteiger partial charge in [-0.3, -0.25) is 5.10 Å². The van der Waals surface area contributed by atoms with Gasteiger partial charge < -0.3 is 0 Å². The third kappa shape index (κ3) is 1.35. The lowest BCUT2D eigenvalue weighted by Crippen LogP contribution is -1.80. The summed E-state index contributed by atoms with van der Waals surface area (Å²) in [5.74, 6) is -0.260. The van der Waals surface area contributed by atoms with E-state index in [0.29, 0.717) is 5.65 Å². The van der Waals surface area contributed by atoms with Crippen LogP contribution in [0.4, 0.5) is 4.39 Å². The minimum Gasteiger partial charge on any atom is -0.275 e. The first-order valence-electron chi connectivity index (χ1n) is 4.89. The van der Waals surface area contributed by atoms with Gasteiger partial charge in [0.15, 0.2) is 5.65 Å². The van der Waals surface area contributed by atoms with E-state index in [0.717, 1.165) is 16.6 Å². The molecule has 0 amide bonds. The van der Waals surface area contributed by atoms with Gasteiger partial charge in [0.05, 0.1) is 5.69 Å². The Morgan fingerprint density at radius 1 is 1.12 bits per heavy atom. The first-order chi connectivity index (χ1) is 7.84. The van der Waals surface area contributed by atoms with Crippen molar-refractivity contribution in [3.63, 3.8) is 0 Å². The number of hydrogen-bond donors (Lipinski definition) is 1. The minimum atomic E-state index is -0.260. The zero-order valence-electron chi connectivity index (χ0n) is 8.31. The maximum Gasteiger partial charge on any atom is 0.181 e. The molecule has 1 N–H and O–H groups in total. The summed E-state index contributed by atoms with van der Waals surface area (Å²) in [7, 11) is 0. The van der Waals surface area contributed by atoms with Gasteiger partial charge in [0.25, 0.3) is 0 Å². The van der Waals surface area contributed by atoms with Gasteiger partial charge in [0.2, 0.25) is 0 Å². The van der Waals surface area contributed by atoms with Gasteiger partial charge in [-0.05, 0) is 24.3 Å². The highest BCUT2D eigenvalue weighted by Gasteiger charge is 2.07. The Balaban J connectivity index is 2.26. The average molecular weight is 213 g/mol. The number of nitrogens with zero attached hydrogens (tertiary/aromatic N) is 2. The van der Waals surface area contributed by atoms with Crippen molar-refractivity contribution >= 4 is 11.0 Å². The average Bonchev–Trinajstić information content (AvgIpc) is 2.72. The van der Waals surface area contributed by atoms with E-state index in [2.05, 4.69) is 15.2 Å². The number of hydrogen-bond acceptors (Lipinski definition) is 2. The van der Waals surface area contributed by atoms with Crippen molar-refractivity contribution in [2.45, 2.75) is 0 Å². The summed E-state index contributed by atoms with van der Waals surface area (Å²) in [6.07, 6.45) is 1.68. The van der Waals surface area contributed by atoms with E-state index in [9.17, 15) is 4.39 Å². The van der Waals surface area contributed by atoms with E-state index < -0.39 is 0 Å². The SMILES string of the molecule is Fc1cccc(-c2[nH]nc3ncccc23)c1. The number of benzene rings is 1. The van der Waals surface area contributed by atoms with Crippen molar-refractivity contribution in [3.8, 4) is 11.3 Å². The smallest absolute Gasteiger partial charge is 0.181 e. The Bertz CT molecular complexity index is 645. The Labute approximate surface area is 91.0 Å². The molecular formula is C12H8FN3. The van der Waals surface area contributed by atoms with Gasteiger partial charge in [-0.15, -0.1) is 0 Å². The van der Waals surface area contributed by atoms with E-state index in [-0.39, 0.29) is 5.82 Å². The Morgan fingerprint density at radius 3 is 2.94 bits per heavy atom. The lowest BCUT2D eigenvalue weighted by Gasteiger charge is -1.98. The minimum absolute atomic E-state index is 0.260. The second-order valence-electron chi connectivity index (χ2n) is 3.48. The standard InChI is InChI=1S/C12H8FN3/c13-9-4-1-3-8(7-9)11-10-5-2-6-14-12(10)16-15-11/h1-7H,(H,14,15,16). The molecule has 3 nitrogen and oxygen atoms in total. The number of nitrogens with one attached hydrogen (secondary N) is 1. The number of H-pyrrole nitrogens is 1. The number of rotatable bonds is 1. The van der Waals surface area contributed by atoms with E-state index >= 15 is 0 Å². The van der Waals surface area contributed by atoms with Gasteiger partial charge in [0.1, 0.15) is 5.82 Å². The molecule has 3 rings (SSSR count). The fourth-order valence-corrected chi connectivity index (χ4v) is 1.71. The third-order valence-electron chi connectivity index (χ3n) is 2.44. The quantitative estimate of drug-likeness (QED) is 0.675. The molecule has 0 saturated carbocycles. The monoisotopic (exact) mass is 213 g/mol. The maximum atomic E-state index is 13.1. The normalized spacial score (nSPS) is 10.8. The highest BCUT2D eigenvalue weighted by atomic mass is 19.1. The van der Waals surface area contributed by atoms with E-state index in [1.807, 2.05) is 18.2 Å². The van der Waals surface area contributed by atoms with Crippen LogP contribution in [0.5, 0.6) is 0 Å². The maximum absolute atomic E-state index is 13.1. The van der Waals surface area contributed by atoms with Crippen LogP contribution in [-0.4, -0.2) is 15.2 Å². The van der Waals surface area contributed by atoms with Crippen molar-refractivity contribution in [2.24, 2.45) is 0 Å². The summed E-state index contributed by atoms with van der Waals surface area (Å²) in [6, 6.07) is 10.1. The zero-order valence-corrected chi connectivity index (χ0v) is 8.31. The van der Waals surface area contributed by atoms with Crippen molar-refractivity contribution in [2.75, 3.05) is 0 Å². The van der Waals surface area contributed by atoms with Crippen LogP contribution in [-0.2, 0) is 0 Å². The zero-order chi connectivity index (χ0) is 11.0. The molecule has 0 bridgehead atoms. The molecule has 3 aromatic rings. The Hall–Kier alpha value is -2.23. The summed E-state index contributed by atoms with van der Waals surface area (Å²) in [4.78, 5) is 4.11. The third-order valence-corrected chi connectivity index (χ3v) is 2.44. The summed E-state index contributed by atoms with van der Waals surface area (Å²) in [5.41, 5.74) is 2.21. The topological polar surface area (TPSA) is 41.6 Å². The molecule has 16 heavy (non-hydrogen) atoms. The molecule has 0 spiro atoms. The Kier molecular flexibility index (Phi) is 1.93. The van der Waals surface area contributed by atoms with Crippen LogP contribution in [0, 0.1) is 5.82 Å². The molecule has 0 aliphatic rings. The van der Waals surface area contributed by atoms with E-state index in [1.54, 1.807) is 12.3 Å². The van der Waals surface area contributed by atoms with Crippen LogP contribution < -0.4 is 0 Å². The predicted molar refractivity (Wildman–Crippen MR) is 59.3 cm³/mol. The molecule has 0 atom stereocenters. The summed E-state index contributed by atoms with van der Waals surface area (Å²) in [5, 5.41) is 7.84. The lowest BCUT2D eigenvalue weighted by atomic mass is 10.1. The first kappa shape index (κ1) is 9.03. The van der Waals surface area contributed by atoms with Crippen LogP contribution in [0.1, 0.15) is 0 Å². The molecule has 0 radical (unpaired) electrons. The van der Waals surface area contributed by atoms with Crippen molar-refractivity contribution in [3.05, 3.63) is 48.4 Å². The Morgan fingerprint density at radius 2 is 2.06 bits per heavy atom. The molecule has 1 aromatic carbocycles. The van der Waals surface area contributed by atoms with Crippen LogP contribution >= 0.6 is 0 Å². The molecule has 78 valence electrons. The lowest BCUT2D eigenvalue weighted by molar-refractivity contribution is 0.628. The number of pyridine rings is 1. The van der Waals surface area contributed by atoms with Gasteiger partial charge in [-0.25, -0.2) is 9.37 Å². The second-order valence-corrected chi connectivity index (χ2v) is 3.48. The molecule has 0 aliphatic carbocycles. The number of fused-ring (bicyclic) bond motifs is 1. The van der Waals surface area contributed by atoms with Gasteiger partial charge in [-0.1, -0.05) is 12.1 Å². The van der Waals surface area contributed by atoms with E-state index in [4.69, 9.17) is 0 Å². The second kappa shape index (κ2) is 3.41. The molecule has 0 unspecified atom stereocenters. The fourth-order valence-electron chi connectivity index (χ4n) is 1.71. The molecule has 0 fully saturated rings. The van der Waals surface area contributed by atoms with Gasteiger partial charge in [-0.2, -0.15) is 5.10 Å². The highest BCUT2D eigenvalue weighted by Crippen LogP contribution is 2.24. The van der Waals surface area contributed by atoms with Crippen LogP contribution in [0.25, 0.3) is 22.3 Å². The number of halogens is 1. The number of aromatic nitrogens is 3. The van der Waals surface area contributed by atoms with Crippen molar-refractivity contribution in [1.29, 1.82) is 0 Å². The van der Waals surface area contributed by atoms with Crippen molar-refractivity contribution in [1.82, 2.24) is 15.2 Å². The fraction of sp³-hybridized carbons (Fsp3) is 0. The summed E-state index contributed by atoms with van der Waals surface area (Å²) in [6.45, 7) is 0. The summed E-state index contributed by atoms with van der Waals surface area (Å²) >= 11 is 0. The molecule has 2 aromatic heterocycles. The first-order valence-corrected chi connectivity index (χ1v) is 4.89. The predicted octanol–water partition coefficient (Wildman–Crippen LogP) is 2.76. The summed E-state index contributed by atoms with van der Waals surface area (Å²) < 4.78 is 13.1. The van der Waals surface area contributed by atoms with Gasteiger partial charge >= 0.3 is 0 Å². The molecule has 0 saturated heterocycles. The molecular weight excluding hydrogens is 205 g/mol. The van der Waals surface area contributed by atoms with Crippen molar-refractivity contribution < 1.29 is 4.39 Å². The van der Waals surface area contributed by atoms with Gasteiger partial charge in [0, 0.05) is 17.1 Å². The number of aromatic amines is 1. The van der Waals surface area contributed by atoms with Crippen LogP contribution in [0.15, 0.2) is 42.6 Å². The van der Waals surface area contributed by atoms with Crippen LogP contribution in [0.2, 0.25) is 0 Å².